The Hall–Kier alpha value is -0.120. The molecule has 13 heavy (non-hydrogen) atoms. The van der Waals surface area contributed by atoms with E-state index in [1.165, 1.54) is 0 Å². The Morgan fingerprint density at radius 1 is 1.62 bits per heavy atom. The zero-order chi connectivity index (χ0) is 9.68. The summed E-state index contributed by atoms with van der Waals surface area (Å²) in [4.78, 5) is 0. The molecule has 0 aromatic rings. The zero-order valence-corrected chi connectivity index (χ0v) is 8.53. The SMILES string of the molecule is CCCOCC(O)C1COC(C)C1. The van der Waals surface area contributed by atoms with Crippen molar-refractivity contribution in [1.29, 1.82) is 0 Å². The highest BCUT2D eigenvalue weighted by atomic mass is 16.5. The first kappa shape index (κ1) is 11.0. The summed E-state index contributed by atoms with van der Waals surface area (Å²) in [5, 5.41) is 9.69. The second-order valence-electron chi connectivity index (χ2n) is 3.78. The van der Waals surface area contributed by atoms with Crippen molar-refractivity contribution in [3.63, 3.8) is 0 Å². The van der Waals surface area contributed by atoms with Gasteiger partial charge in [-0.25, -0.2) is 0 Å². The molecule has 3 heteroatoms. The van der Waals surface area contributed by atoms with Gasteiger partial charge in [0.15, 0.2) is 0 Å². The van der Waals surface area contributed by atoms with Gasteiger partial charge >= 0.3 is 0 Å². The first-order chi connectivity index (χ1) is 6.24. The van der Waals surface area contributed by atoms with Crippen LogP contribution >= 0.6 is 0 Å². The Kier molecular flexibility index (Phi) is 4.70. The van der Waals surface area contributed by atoms with Crippen LogP contribution in [0.2, 0.25) is 0 Å². The van der Waals surface area contributed by atoms with Crippen molar-refractivity contribution in [2.24, 2.45) is 5.92 Å². The molecule has 1 saturated heterocycles. The van der Waals surface area contributed by atoms with E-state index in [1.54, 1.807) is 0 Å². The summed E-state index contributed by atoms with van der Waals surface area (Å²) in [5.74, 6) is 0.270. The Morgan fingerprint density at radius 2 is 2.38 bits per heavy atom. The predicted molar refractivity (Wildman–Crippen MR) is 50.6 cm³/mol. The fraction of sp³-hybridized carbons (Fsp3) is 1.00. The van der Waals surface area contributed by atoms with Crippen molar-refractivity contribution >= 4 is 0 Å². The van der Waals surface area contributed by atoms with E-state index in [9.17, 15) is 5.11 Å². The summed E-state index contributed by atoms with van der Waals surface area (Å²) in [7, 11) is 0. The number of ether oxygens (including phenoxy) is 2. The third-order valence-electron chi connectivity index (χ3n) is 2.41. The fourth-order valence-corrected chi connectivity index (χ4v) is 1.60. The van der Waals surface area contributed by atoms with Crippen LogP contribution in [0, 0.1) is 5.92 Å². The molecule has 1 heterocycles. The molecule has 0 aliphatic carbocycles. The van der Waals surface area contributed by atoms with Gasteiger partial charge in [-0.3, -0.25) is 0 Å². The number of aliphatic hydroxyl groups excluding tert-OH is 1. The van der Waals surface area contributed by atoms with Crippen LogP contribution in [0.15, 0.2) is 0 Å². The van der Waals surface area contributed by atoms with Crippen molar-refractivity contribution in [3.05, 3.63) is 0 Å². The number of hydrogen-bond donors (Lipinski definition) is 1. The van der Waals surface area contributed by atoms with Crippen LogP contribution in [0.1, 0.15) is 26.7 Å². The van der Waals surface area contributed by atoms with E-state index in [4.69, 9.17) is 9.47 Å². The van der Waals surface area contributed by atoms with E-state index in [1.807, 2.05) is 6.92 Å². The molecule has 0 radical (unpaired) electrons. The maximum absolute atomic E-state index is 9.69. The summed E-state index contributed by atoms with van der Waals surface area (Å²) in [6.45, 7) is 5.97. The molecule has 1 rings (SSSR count). The van der Waals surface area contributed by atoms with Gasteiger partial charge in [0.05, 0.1) is 25.4 Å². The van der Waals surface area contributed by atoms with Crippen LogP contribution in [0.25, 0.3) is 0 Å². The van der Waals surface area contributed by atoms with Crippen molar-refractivity contribution < 1.29 is 14.6 Å². The zero-order valence-electron chi connectivity index (χ0n) is 8.53. The molecule has 0 spiro atoms. The monoisotopic (exact) mass is 188 g/mol. The molecule has 3 unspecified atom stereocenters. The van der Waals surface area contributed by atoms with Crippen LogP contribution in [0.4, 0.5) is 0 Å². The van der Waals surface area contributed by atoms with Gasteiger partial charge in [-0.05, 0) is 19.8 Å². The molecule has 0 saturated carbocycles. The predicted octanol–water partition coefficient (Wildman–Crippen LogP) is 1.20. The van der Waals surface area contributed by atoms with Gasteiger partial charge in [-0.1, -0.05) is 6.92 Å². The lowest BCUT2D eigenvalue weighted by Crippen LogP contribution is -2.26. The minimum absolute atomic E-state index is 0.270. The van der Waals surface area contributed by atoms with Crippen LogP contribution in [-0.4, -0.2) is 37.1 Å². The Morgan fingerprint density at radius 3 is 2.92 bits per heavy atom. The average molecular weight is 188 g/mol. The van der Waals surface area contributed by atoms with Crippen LogP contribution in [0.3, 0.4) is 0 Å². The van der Waals surface area contributed by atoms with Gasteiger partial charge in [0.25, 0.3) is 0 Å². The largest absolute Gasteiger partial charge is 0.390 e. The summed E-state index contributed by atoms with van der Waals surface area (Å²) < 4.78 is 10.7. The van der Waals surface area contributed by atoms with E-state index in [-0.39, 0.29) is 12.0 Å². The van der Waals surface area contributed by atoms with Gasteiger partial charge in [-0.2, -0.15) is 0 Å². The molecule has 1 aliphatic heterocycles. The van der Waals surface area contributed by atoms with Gasteiger partial charge in [0, 0.05) is 12.5 Å². The normalized spacial score (nSPS) is 30.7. The van der Waals surface area contributed by atoms with Gasteiger partial charge in [0.1, 0.15) is 0 Å². The minimum Gasteiger partial charge on any atom is -0.390 e. The van der Waals surface area contributed by atoms with E-state index >= 15 is 0 Å². The molecule has 3 atom stereocenters. The lowest BCUT2D eigenvalue weighted by Gasteiger charge is -2.16. The summed E-state index contributed by atoms with van der Waals surface area (Å²) in [5.41, 5.74) is 0. The summed E-state index contributed by atoms with van der Waals surface area (Å²) in [6, 6.07) is 0. The van der Waals surface area contributed by atoms with Crippen molar-refractivity contribution in [2.45, 2.75) is 38.9 Å². The van der Waals surface area contributed by atoms with Gasteiger partial charge in [-0.15, -0.1) is 0 Å². The number of hydrogen-bond acceptors (Lipinski definition) is 3. The second-order valence-corrected chi connectivity index (χ2v) is 3.78. The topological polar surface area (TPSA) is 38.7 Å². The van der Waals surface area contributed by atoms with E-state index in [0.29, 0.717) is 19.3 Å². The third-order valence-corrected chi connectivity index (χ3v) is 2.41. The fourth-order valence-electron chi connectivity index (χ4n) is 1.60. The lowest BCUT2D eigenvalue weighted by molar-refractivity contribution is 0.00174. The molecular weight excluding hydrogens is 168 g/mol. The van der Waals surface area contributed by atoms with Crippen LogP contribution in [-0.2, 0) is 9.47 Å². The molecular formula is C10H20O3. The van der Waals surface area contributed by atoms with Crippen molar-refractivity contribution in [2.75, 3.05) is 19.8 Å². The Balaban J connectivity index is 2.12. The first-order valence-electron chi connectivity index (χ1n) is 5.11. The molecule has 0 aromatic carbocycles. The number of rotatable bonds is 5. The molecule has 1 fully saturated rings. The molecule has 3 nitrogen and oxygen atoms in total. The highest BCUT2D eigenvalue weighted by Crippen LogP contribution is 2.22. The second kappa shape index (κ2) is 5.58. The maximum Gasteiger partial charge on any atom is 0.0824 e. The van der Waals surface area contributed by atoms with Gasteiger partial charge < -0.3 is 14.6 Å². The molecule has 1 N–H and O–H groups in total. The van der Waals surface area contributed by atoms with Crippen molar-refractivity contribution in [1.82, 2.24) is 0 Å². The highest BCUT2D eigenvalue weighted by molar-refractivity contribution is 4.76. The van der Waals surface area contributed by atoms with E-state index < -0.39 is 0 Å². The summed E-state index contributed by atoms with van der Waals surface area (Å²) >= 11 is 0. The van der Waals surface area contributed by atoms with Crippen LogP contribution < -0.4 is 0 Å². The quantitative estimate of drug-likeness (QED) is 0.659. The summed E-state index contributed by atoms with van der Waals surface area (Å²) in [6.07, 6.45) is 1.91. The minimum atomic E-state index is -0.350. The molecule has 1 aliphatic rings. The standard InChI is InChI=1S/C10H20O3/c1-3-4-12-7-10(11)9-5-8(2)13-6-9/h8-11H,3-7H2,1-2H3. The molecule has 78 valence electrons. The average Bonchev–Trinajstić information content (AvgIpc) is 2.52. The molecule has 0 bridgehead atoms. The van der Waals surface area contributed by atoms with Crippen LogP contribution in [0.5, 0.6) is 0 Å². The maximum atomic E-state index is 9.69. The third kappa shape index (κ3) is 3.63. The van der Waals surface area contributed by atoms with Crippen molar-refractivity contribution in [3.8, 4) is 0 Å². The Bertz CT molecular complexity index is 138. The first-order valence-corrected chi connectivity index (χ1v) is 5.11. The lowest BCUT2D eigenvalue weighted by atomic mass is 10.0. The number of aliphatic hydroxyl groups is 1. The van der Waals surface area contributed by atoms with E-state index in [0.717, 1.165) is 19.4 Å². The van der Waals surface area contributed by atoms with Gasteiger partial charge in [0.2, 0.25) is 0 Å². The molecule has 0 amide bonds. The highest BCUT2D eigenvalue weighted by Gasteiger charge is 2.28. The Labute approximate surface area is 80.0 Å². The molecule has 0 aromatic heterocycles. The van der Waals surface area contributed by atoms with E-state index in [2.05, 4.69) is 6.92 Å². The smallest absolute Gasteiger partial charge is 0.0824 e.